The van der Waals surface area contributed by atoms with Crippen LogP contribution in [0.25, 0.3) is 0 Å². The molecule has 4 heteroatoms. The fourth-order valence-electron chi connectivity index (χ4n) is 1.18. The average Bonchev–Trinajstić information content (AvgIpc) is 2.26. The van der Waals surface area contributed by atoms with Gasteiger partial charge in [0, 0.05) is 25.5 Å². The van der Waals surface area contributed by atoms with Gasteiger partial charge < -0.3 is 10.6 Å². The highest BCUT2D eigenvalue weighted by Gasteiger charge is 2.09. The van der Waals surface area contributed by atoms with Gasteiger partial charge in [0.2, 0.25) is 5.91 Å². The van der Waals surface area contributed by atoms with E-state index in [-0.39, 0.29) is 11.9 Å². The summed E-state index contributed by atoms with van der Waals surface area (Å²) in [5, 5.41) is 5.71. The molecule has 0 fully saturated rings. The maximum absolute atomic E-state index is 11.2. The molecule has 1 heterocycles. The predicted octanol–water partition coefficient (Wildman–Crippen LogP) is 0.614. The molecule has 0 bridgehead atoms. The summed E-state index contributed by atoms with van der Waals surface area (Å²) in [7, 11) is 1.63. The molecular weight excluding hydrogens is 190 g/mol. The molecule has 1 atom stereocenters. The molecule has 0 aliphatic rings. The summed E-state index contributed by atoms with van der Waals surface area (Å²) >= 11 is 0. The molecule has 0 spiro atoms. The zero-order valence-corrected chi connectivity index (χ0v) is 9.37. The van der Waals surface area contributed by atoms with Gasteiger partial charge in [0.15, 0.2) is 0 Å². The number of amides is 1. The molecule has 82 valence electrons. The van der Waals surface area contributed by atoms with Gasteiger partial charge in [-0.05, 0) is 25.5 Å². The molecule has 1 rings (SSSR count). The molecule has 1 amide bonds. The summed E-state index contributed by atoms with van der Waals surface area (Å²) in [5.41, 5.74) is 2.08. The van der Waals surface area contributed by atoms with E-state index in [1.54, 1.807) is 7.05 Å². The summed E-state index contributed by atoms with van der Waals surface area (Å²) in [4.78, 5) is 15.4. The number of hydrogen-bond acceptors (Lipinski definition) is 3. The zero-order chi connectivity index (χ0) is 11.3. The van der Waals surface area contributed by atoms with Crippen molar-refractivity contribution in [2.24, 2.45) is 0 Å². The number of pyridine rings is 1. The highest BCUT2D eigenvalue weighted by atomic mass is 16.2. The Morgan fingerprint density at radius 1 is 1.53 bits per heavy atom. The molecule has 1 aromatic rings. The van der Waals surface area contributed by atoms with E-state index in [4.69, 9.17) is 0 Å². The lowest BCUT2D eigenvalue weighted by atomic mass is 10.2. The molecule has 0 aliphatic heterocycles. The SMILES string of the molecule is CNC(=O)C(C)NCc1ccc(C)nc1. The van der Waals surface area contributed by atoms with E-state index in [1.807, 2.05) is 32.2 Å². The largest absolute Gasteiger partial charge is 0.358 e. The van der Waals surface area contributed by atoms with E-state index in [0.29, 0.717) is 6.54 Å². The predicted molar refractivity (Wildman–Crippen MR) is 59.3 cm³/mol. The first-order valence-electron chi connectivity index (χ1n) is 5.00. The smallest absolute Gasteiger partial charge is 0.236 e. The van der Waals surface area contributed by atoms with E-state index in [2.05, 4.69) is 15.6 Å². The van der Waals surface area contributed by atoms with Gasteiger partial charge in [-0.2, -0.15) is 0 Å². The Bertz CT molecular complexity index is 321. The average molecular weight is 207 g/mol. The van der Waals surface area contributed by atoms with Gasteiger partial charge >= 0.3 is 0 Å². The Kier molecular flexibility index (Phi) is 4.24. The van der Waals surface area contributed by atoms with Crippen molar-refractivity contribution in [3.8, 4) is 0 Å². The second-order valence-corrected chi connectivity index (χ2v) is 3.52. The van der Waals surface area contributed by atoms with Crippen LogP contribution in [0.3, 0.4) is 0 Å². The van der Waals surface area contributed by atoms with Crippen LogP contribution in [0.15, 0.2) is 18.3 Å². The number of carbonyl (C=O) groups is 1. The molecule has 4 nitrogen and oxygen atoms in total. The van der Waals surface area contributed by atoms with Gasteiger partial charge in [-0.1, -0.05) is 6.07 Å². The molecule has 1 aromatic heterocycles. The highest BCUT2D eigenvalue weighted by Crippen LogP contribution is 1.99. The normalized spacial score (nSPS) is 12.2. The van der Waals surface area contributed by atoms with Gasteiger partial charge in [0.1, 0.15) is 0 Å². The van der Waals surface area contributed by atoms with Gasteiger partial charge in [0.05, 0.1) is 6.04 Å². The maximum Gasteiger partial charge on any atom is 0.236 e. The van der Waals surface area contributed by atoms with Crippen LogP contribution in [0.5, 0.6) is 0 Å². The van der Waals surface area contributed by atoms with Crippen LogP contribution in [0.2, 0.25) is 0 Å². The van der Waals surface area contributed by atoms with Crippen molar-refractivity contribution >= 4 is 5.91 Å². The van der Waals surface area contributed by atoms with Crippen molar-refractivity contribution in [1.29, 1.82) is 0 Å². The highest BCUT2D eigenvalue weighted by molar-refractivity contribution is 5.80. The Labute approximate surface area is 90.1 Å². The van der Waals surface area contributed by atoms with Gasteiger partial charge in [-0.3, -0.25) is 9.78 Å². The van der Waals surface area contributed by atoms with Crippen molar-refractivity contribution in [3.05, 3.63) is 29.6 Å². The third-order valence-corrected chi connectivity index (χ3v) is 2.22. The lowest BCUT2D eigenvalue weighted by Crippen LogP contribution is -2.40. The van der Waals surface area contributed by atoms with Crippen molar-refractivity contribution in [3.63, 3.8) is 0 Å². The van der Waals surface area contributed by atoms with Crippen molar-refractivity contribution in [1.82, 2.24) is 15.6 Å². The number of nitrogens with zero attached hydrogens (tertiary/aromatic N) is 1. The first-order valence-corrected chi connectivity index (χ1v) is 5.00. The minimum Gasteiger partial charge on any atom is -0.358 e. The molecule has 0 aliphatic carbocycles. The molecule has 0 saturated carbocycles. The number of nitrogens with one attached hydrogen (secondary N) is 2. The Hall–Kier alpha value is -1.42. The minimum atomic E-state index is -0.184. The van der Waals surface area contributed by atoms with Crippen LogP contribution in [0.1, 0.15) is 18.2 Å². The van der Waals surface area contributed by atoms with E-state index < -0.39 is 0 Å². The van der Waals surface area contributed by atoms with Gasteiger partial charge in [-0.25, -0.2) is 0 Å². The molecule has 0 saturated heterocycles. The maximum atomic E-state index is 11.2. The topological polar surface area (TPSA) is 54.0 Å². The van der Waals surface area contributed by atoms with E-state index in [0.717, 1.165) is 11.3 Å². The van der Waals surface area contributed by atoms with Crippen molar-refractivity contribution in [2.75, 3.05) is 7.05 Å². The molecule has 15 heavy (non-hydrogen) atoms. The van der Waals surface area contributed by atoms with Crippen LogP contribution in [0, 0.1) is 6.92 Å². The van der Waals surface area contributed by atoms with Gasteiger partial charge in [-0.15, -0.1) is 0 Å². The minimum absolute atomic E-state index is 0.00456. The number of aryl methyl sites for hydroxylation is 1. The van der Waals surface area contributed by atoms with E-state index in [1.165, 1.54) is 0 Å². The van der Waals surface area contributed by atoms with E-state index >= 15 is 0 Å². The number of rotatable bonds is 4. The Morgan fingerprint density at radius 2 is 2.27 bits per heavy atom. The molecule has 2 N–H and O–H groups in total. The third kappa shape index (κ3) is 3.67. The van der Waals surface area contributed by atoms with Crippen LogP contribution < -0.4 is 10.6 Å². The van der Waals surface area contributed by atoms with Crippen molar-refractivity contribution in [2.45, 2.75) is 26.4 Å². The fraction of sp³-hybridized carbons (Fsp3) is 0.455. The van der Waals surface area contributed by atoms with Crippen molar-refractivity contribution < 1.29 is 4.79 Å². The molecule has 0 aromatic carbocycles. The number of carbonyl (C=O) groups excluding carboxylic acids is 1. The summed E-state index contributed by atoms with van der Waals surface area (Å²) in [5.74, 6) is -0.00456. The first-order chi connectivity index (χ1) is 7.13. The van der Waals surface area contributed by atoms with Gasteiger partial charge in [0.25, 0.3) is 0 Å². The third-order valence-electron chi connectivity index (χ3n) is 2.22. The monoisotopic (exact) mass is 207 g/mol. The zero-order valence-electron chi connectivity index (χ0n) is 9.37. The van der Waals surface area contributed by atoms with Crippen LogP contribution in [0.4, 0.5) is 0 Å². The molecule has 1 unspecified atom stereocenters. The second kappa shape index (κ2) is 5.46. The second-order valence-electron chi connectivity index (χ2n) is 3.52. The number of likely N-dealkylation sites (N-methyl/N-ethyl adjacent to an activating group) is 1. The quantitative estimate of drug-likeness (QED) is 0.760. The lowest BCUT2D eigenvalue weighted by molar-refractivity contribution is -0.122. The van der Waals surface area contributed by atoms with Crippen LogP contribution >= 0.6 is 0 Å². The summed E-state index contributed by atoms with van der Waals surface area (Å²) in [6.45, 7) is 4.44. The lowest BCUT2D eigenvalue weighted by Gasteiger charge is -2.11. The van der Waals surface area contributed by atoms with Crippen LogP contribution in [-0.4, -0.2) is 24.0 Å². The summed E-state index contributed by atoms with van der Waals surface area (Å²) < 4.78 is 0. The first kappa shape index (κ1) is 11.7. The standard InChI is InChI=1S/C11H17N3O/c1-8-4-5-10(6-13-8)7-14-9(2)11(15)12-3/h4-6,9,14H,7H2,1-3H3,(H,12,15). The Balaban J connectivity index is 2.43. The molecular formula is C11H17N3O. The van der Waals surface area contributed by atoms with Crippen LogP contribution in [-0.2, 0) is 11.3 Å². The van der Waals surface area contributed by atoms with E-state index in [9.17, 15) is 4.79 Å². The number of aromatic nitrogens is 1. The Morgan fingerprint density at radius 3 is 2.80 bits per heavy atom. The summed E-state index contributed by atoms with van der Waals surface area (Å²) in [6.07, 6.45) is 1.82. The summed E-state index contributed by atoms with van der Waals surface area (Å²) in [6, 6.07) is 3.78. The fourth-order valence-corrected chi connectivity index (χ4v) is 1.18. The number of hydrogen-bond donors (Lipinski definition) is 2. The molecule has 0 radical (unpaired) electrons.